The Balaban J connectivity index is 0.00000144. The number of benzene rings is 1. The molecule has 0 unspecified atom stereocenters. The Hall–Kier alpha value is 0.876. The standard InChI is InChI=1S/C6H5Cl2O3P.Mg/c7-4-1-5(8)3-6(2-4)12(9,10)11;/h1-3H,(H2,9,10,11);/q;+2/p-2. The number of hydrogen-bond acceptors (Lipinski definition) is 3. The van der Waals surface area contributed by atoms with Crippen molar-refractivity contribution in [3.8, 4) is 0 Å². The summed E-state index contributed by atoms with van der Waals surface area (Å²) in [5, 5.41) is -0.131. The Bertz CT molecular complexity index is 282. The molecule has 0 atom stereocenters. The molecule has 0 N–H and O–H groups in total. The summed E-state index contributed by atoms with van der Waals surface area (Å²) in [5.74, 6) is 0. The molecule has 1 aromatic carbocycles. The van der Waals surface area contributed by atoms with Crippen molar-refractivity contribution in [1.82, 2.24) is 0 Å². The number of halogens is 2. The first kappa shape index (κ1) is 13.9. The molecule has 7 heteroatoms. The third-order valence-corrected chi connectivity index (χ3v) is 2.49. The first-order valence-corrected chi connectivity index (χ1v) is 5.18. The van der Waals surface area contributed by atoms with Crippen LogP contribution in [-0.4, -0.2) is 23.1 Å². The van der Waals surface area contributed by atoms with Crippen molar-refractivity contribution >= 4 is 59.5 Å². The molecule has 0 bridgehead atoms. The Morgan fingerprint density at radius 1 is 0.923 bits per heavy atom. The molecule has 0 aromatic heterocycles. The first-order chi connectivity index (χ1) is 5.39. The normalized spacial score (nSPS) is 10.8. The summed E-state index contributed by atoms with van der Waals surface area (Å²) in [6.07, 6.45) is 0. The van der Waals surface area contributed by atoms with Crippen molar-refractivity contribution in [2.45, 2.75) is 0 Å². The van der Waals surface area contributed by atoms with E-state index in [1.807, 2.05) is 0 Å². The van der Waals surface area contributed by atoms with E-state index in [4.69, 9.17) is 23.2 Å². The van der Waals surface area contributed by atoms with E-state index < -0.39 is 7.94 Å². The van der Waals surface area contributed by atoms with Crippen LogP contribution >= 0.6 is 31.1 Å². The maximum atomic E-state index is 10.5. The summed E-state index contributed by atoms with van der Waals surface area (Å²) in [6.45, 7) is 0. The van der Waals surface area contributed by atoms with E-state index in [1.165, 1.54) is 6.07 Å². The van der Waals surface area contributed by atoms with Crippen LogP contribution in [0.25, 0.3) is 0 Å². The molecule has 0 amide bonds. The van der Waals surface area contributed by atoms with Gasteiger partial charge in [-0.05, 0) is 18.2 Å². The Morgan fingerprint density at radius 2 is 1.31 bits per heavy atom. The van der Waals surface area contributed by atoms with Gasteiger partial charge in [0.25, 0.3) is 0 Å². The molecule has 0 aliphatic rings. The van der Waals surface area contributed by atoms with E-state index in [-0.39, 0.29) is 38.4 Å². The molecular weight excluding hydrogens is 246 g/mol. The van der Waals surface area contributed by atoms with Crippen LogP contribution in [0.5, 0.6) is 0 Å². The zero-order valence-corrected chi connectivity index (χ0v) is 10.2. The Labute approximate surface area is 102 Å². The van der Waals surface area contributed by atoms with Crippen molar-refractivity contribution in [2.75, 3.05) is 0 Å². The Morgan fingerprint density at radius 3 is 1.62 bits per heavy atom. The van der Waals surface area contributed by atoms with E-state index in [0.29, 0.717) is 0 Å². The molecule has 0 heterocycles. The molecule has 66 valence electrons. The minimum atomic E-state index is -4.74. The molecular formula is C6H3Cl2MgO3P. The van der Waals surface area contributed by atoms with Gasteiger partial charge in [0, 0.05) is 10.0 Å². The summed E-state index contributed by atoms with van der Waals surface area (Å²) in [7, 11) is -4.74. The SMILES string of the molecule is [Mg+2].[O-][P+]([O-])([O-])c1cc(Cl)cc(Cl)c1. The largest absolute Gasteiger partial charge is 2.00 e. The van der Waals surface area contributed by atoms with Gasteiger partial charge < -0.3 is 14.7 Å². The third-order valence-electron chi connectivity index (χ3n) is 1.16. The average molecular weight is 249 g/mol. The molecule has 0 aliphatic carbocycles. The summed E-state index contributed by atoms with van der Waals surface area (Å²) in [4.78, 5) is 31.5. The summed E-state index contributed by atoms with van der Waals surface area (Å²) < 4.78 is 0. The predicted molar refractivity (Wildman–Crippen MR) is 48.8 cm³/mol. The van der Waals surface area contributed by atoms with Gasteiger partial charge in [0.1, 0.15) is 0 Å². The van der Waals surface area contributed by atoms with E-state index in [1.54, 1.807) is 0 Å². The zero-order valence-electron chi connectivity index (χ0n) is 6.37. The van der Waals surface area contributed by atoms with Gasteiger partial charge in [-0.3, -0.25) is 0 Å². The predicted octanol–water partition coefficient (Wildman–Crippen LogP) is -0.919. The molecule has 0 saturated heterocycles. The van der Waals surface area contributed by atoms with E-state index in [9.17, 15) is 14.7 Å². The van der Waals surface area contributed by atoms with Gasteiger partial charge >= 0.3 is 23.1 Å². The van der Waals surface area contributed by atoms with Crippen LogP contribution in [0, 0.1) is 0 Å². The monoisotopic (exact) mass is 248 g/mol. The van der Waals surface area contributed by atoms with Crippen molar-refractivity contribution in [3.05, 3.63) is 28.2 Å². The van der Waals surface area contributed by atoms with Gasteiger partial charge in [0.05, 0.1) is 5.30 Å². The molecule has 0 aliphatic heterocycles. The molecule has 1 aromatic rings. The van der Waals surface area contributed by atoms with Crippen LogP contribution in [0.15, 0.2) is 18.2 Å². The molecule has 0 spiro atoms. The minimum Gasteiger partial charge on any atom is -0.683 e. The molecule has 0 radical (unpaired) electrons. The van der Waals surface area contributed by atoms with E-state index in [0.717, 1.165) is 12.1 Å². The smallest absolute Gasteiger partial charge is 0.683 e. The second-order valence-electron chi connectivity index (χ2n) is 2.13. The fourth-order valence-corrected chi connectivity index (χ4v) is 1.97. The van der Waals surface area contributed by atoms with Crippen LogP contribution in [0.4, 0.5) is 0 Å². The van der Waals surface area contributed by atoms with Crippen molar-refractivity contribution < 1.29 is 14.7 Å². The maximum Gasteiger partial charge on any atom is 2.00 e. The Kier molecular flexibility index (Phi) is 5.44. The fraction of sp³-hybridized carbons (Fsp3) is 0. The van der Waals surface area contributed by atoms with Gasteiger partial charge in [-0.1, -0.05) is 23.2 Å². The molecule has 3 nitrogen and oxygen atoms in total. The molecule has 0 fully saturated rings. The van der Waals surface area contributed by atoms with Crippen LogP contribution in [0.3, 0.4) is 0 Å². The van der Waals surface area contributed by atoms with Crippen molar-refractivity contribution in [1.29, 1.82) is 0 Å². The molecule has 1 rings (SSSR count). The van der Waals surface area contributed by atoms with Gasteiger partial charge in [-0.15, -0.1) is 7.94 Å². The number of rotatable bonds is 1. The maximum absolute atomic E-state index is 10.5. The van der Waals surface area contributed by atoms with Crippen molar-refractivity contribution in [2.24, 2.45) is 0 Å². The van der Waals surface area contributed by atoms with Crippen LogP contribution in [0.2, 0.25) is 10.0 Å². The van der Waals surface area contributed by atoms with Crippen molar-refractivity contribution in [3.63, 3.8) is 0 Å². The second kappa shape index (κ2) is 5.10. The van der Waals surface area contributed by atoms with Gasteiger partial charge in [0.2, 0.25) is 0 Å². The quantitative estimate of drug-likeness (QED) is 0.477. The molecule has 13 heavy (non-hydrogen) atoms. The minimum absolute atomic E-state index is 0. The van der Waals surface area contributed by atoms with E-state index in [2.05, 4.69) is 0 Å². The first-order valence-electron chi connectivity index (χ1n) is 2.88. The fourth-order valence-electron chi connectivity index (χ4n) is 0.697. The average Bonchev–Trinajstić information content (AvgIpc) is 1.82. The second-order valence-corrected chi connectivity index (χ2v) is 4.51. The summed E-state index contributed by atoms with van der Waals surface area (Å²) in [5.41, 5.74) is 0. The summed E-state index contributed by atoms with van der Waals surface area (Å²) in [6, 6.07) is 3.48. The van der Waals surface area contributed by atoms with Crippen LogP contribution < -0.4 is 20.0 Å². The van der Waals surface area contributed by atoms with Gasteiger partial charge in [0.15, 0.2) is 0 Å². The van der Waals surface area contributed by atoms with Gasteiger partial charge in [-0.2, -0.15) is 0 Å². The third kappa shape index (κ3) is 4.27. The van der Waals surface area contributed by atoms with Gasteiger partial charge in [-0.25, -0.2) is 0 Å². The number of hydrogen-bond donors (Lipinski definition) is 0. The van der Waals surface area contributed by atoms with E-state index >= 15 is 0 Å². The topological polar surface area (TPSA) is 69.2 Å². The summed E-state index contributed by atoms with van der Waals surface area (Å²) >= 11 is 10.9. The van der Waals surface area contributed by atoms with Crippen LogP contribution in [-0.2, 0) is 0 Å². The zero-order chi connectivity index (χ0) is 9.35. The molecule has 0 saturated carbocycles. The van der Waals surface area contributed by atoms with Crippen LogP contribution in [0.1, 0.15) is 0 Å².